The van der Waals surface area contributed by atoms with Gasteiger partial charge in [-0.2, -0.15) is 0 Å². The molecular formula is C13H19N3O4S. The molecule has 0 fully saturated rings. The average Bonchev–Trinajstić information content (AvgIpc) is 2.70. The number of hydrogen-bond acceptors (Lipinski definition) is 5. The molecule has 7 nitrogen and oxygen atoms in total. The zero-order chi connectivity index (χ0) is 15.6. The zero-order valence-electron chi connectivity index (χ0n) is 12.3. The molecule has 0 bridgehead atoms. The van der Waals surface area contributed by atoms with Crippen LogP contribution < -0.4 is 10.5 Å². The van der Waals surface area contributed by atoms with Crippen molar-refractivity contribution in [3.05, 3.63) is 28.7 Å². The highest BCUT2D eigenvalue weighted by Crippen LogP contribution is 2.17. The maximum Gasteiger partial charge on any atom is 0.419 e. The fraction of sp³-hybridized carbons (Fsp3) is 0.462. The highest BCUT2D eigenvalue weighted by molar-refractivity contribution is 7.89. The molecule has 0 radical (unpaired) electrons. The molecule has 0 saturated heterocycles. The summed E-state index contributed by atoms with van der Waals surface area (Å²) in [4.78, 5) is 13.5. The molecule has 0 unspecified atom stereocenters. The molecule has 2 rings (SSSR count). The summed E-state index contributed by atoms with van der Waals surface area (Å²) < 4.78 is 33.2. The van der Waals surface area contributed by atoms with Gasteiger partial charge in [-0.3, -0.25) is 4.57 Å². The van der Waals surface area contributed by atoms with Gasteiger partial charge in [-0.05, 0) is 45.3 Å². The number of sulfonamides is 1. The molecular weight excluding hydrogens is 294 g/mol. The highest BCUT2D eigenvalue weighted by Gasteiger charge is 2.16. The number of aromatic nitrogens is 1. The minimum atomic E-state index is -3.58. The third kappa shape index (κ3) is 3.52. The lowest BCUT2D eigenvalue weighted by atomic mass is 10.3. The summed E-state index contributed by atoms with van der Waals surface area (Å²) in [6.07, 6.45) is 0.721. The van der Waals surface area contributed by atoms with E-state index in [1.165, 1.54) is 29.8 Å². The summed E-state index contributed by atoms with van der Waals surface area (Å²) in [5.74, 6) is -0.515. The van der Waals surface area contributed by atoms with Crippen molar-refractivity contribution in [3.63, 3.8) is 0 Å². The predicted octanol–water partition coefficient (Wildman–Crippen LogP) is 0.361. The van der Waals surface area contributed by atoms with Crippen molar-refractivity contribution in [2.75, 3.05) is 27.2 Å². The van der Waals surface area contributed by atoms with Crippen LogP contribution in [0.15, 0.2) is 32.3 Å². The first-order valence-corrected chi connectivity index (χ1v) is 8.03. The van der Waals surface area contributed by atoms with Crippen LogP contribution in [0.25, 0.3) is 11.1 Å². The maximum atomic E-state index is 12.2. The average molecular weight is 313 g/mol. The summed E-state index contributed by atoms with van der Waals surface area (Å²) in [7, 11) is 1.82. The summed E-state index contributed by atoms with van der Waals surface area (Å²) in [5, 5.41) is 0. The fourth-order valence-corrected chi connectivity index (χ4v) is 3.05. The van der Waals surface area contributed by atoms with Gasteiger partial charge >= 0.3 is 5.76 Å². The van der Waals surface area contributed by atoms with Crippen LogP contribution in [0.4, 0.5) is 0 Å². The van der Waals surface area contributed by atoms with Gasteiger partial charge < -0.3 is 9.32 Å². The van der Waals surface area contributed by atoms with Crippen LogP contribution in [0.5, 0.6) is 0 Å². The van der Waals surface area contributed by atoms with Crippen molar-refractivity contribution in [2.45, 2.75) is 11.3 Å². The molecule has 1 aromatic heterocycles. The van der Waals surface area contributed by atoms with E-state index < -0.39 is 15.8 Å². The minimum absolute atomic E-state index is 0.122. The Morgan fingerprint density at radius 2 is 2.05 bits per heavy atom. The molecule has 21 heavy (non-hydrogen) atoms. The molecule has 1 N–H and O–H groups in total. The van der Waals surface area contributed by atoms with Crippen molar-refractivity contribution < 1.29 is 12.8 Å². The molecule has 0 spiro atoms. The normalized spacial score (nSPS) is 12.4. The Hall–Kier alpha value is -1.64. The molecule has 0 aliphatic carbocycles. The van der Waals surface area contributed by atoms with Crippen LogP contribution in [0.3, 0.4) is 0 Å². The summed E-state index contributed by atoms with van der Waals surface area (Å²) in [6.45, 7) is 1.17. The second-order valence-corrected chi connectivity index (χ2v) is 6.88. The van der Waals surface area contributed by atoms with Gasteiger partial charge in [0.05, 0.1) is 10.4 Å². The maximum absolute atomic E-state index is 12.2. The van der Waals surface area contributed by atoms with Gasteiger partial charge in [0.1, 0.15) is 0 Å². The molecule has 1 heterocycles. The summed E-state index contributed by atoms with van der Waals surface area (Å²) >= 11 is 0. The van der Waals surface area contributed by atoms with E-state index in [0.29, 0.717) is 17.6 Å². The number of benzene rings is 1. The second-order valence-electron chi connectivity index (χ2n) is 5.11. The summed E-state index contributed by atoms with van der Waals surface area (Å²) in [6, 6.07) is 4.36. The largest absolute Gasteiger partial charge is 0.419 e. The van der Waals surface area contributed by atoms with Crippen LogP contribution in [-0.4, -0.2) is 45.1 Å². The highest BCUT2D eigenvalue weighted by atomic mass is 32.2. The topological polar surface area (TPSA) is 84.6 Å². The zero-order valence-corrected chi connectivity index (χ0v) is 13.1. The van der Waals surface area contributed by atoms with Crippen LogP contribution in [-0.2, 0) is 17.1 Å². The first-order valence-electron chi connectivity index (χ1n) is 6.55. The van der Waals surface area contributed by atoms with Gasteiger partial charge in [0.25, 0.3) is 0 Å². The Kier molecular flexibility index (Phi) is 4.50. The van der Waals surface area contributed by atoms with Gasteiger partial charge in [-0.25, -0.2) is 17.9 Å². The second kappa shape index (κ2) is 6.00. The lowest BCUT2D eigenvalue weighted by Gasteiger charge is -2.10. The van der Waals surface area contributed by atoms with Gasteiger partial charge in [0.15, 0.2) is 5.58 Å². The lowest BCUT2D eigenvalue weighted by molar-refractivity contribution is 0.400. The van der Waals surface area contributed by atoms with Crippen LogP contribution in [0.2, 0.25) is 0 Å². The van der Waals surface area contributed by atoms with Gasteiger partial charge in [-0.15, -0.1) is 0 Å². The Bertz CT molecular complexity index is 789. The summed E-state index contributed by atoms with van der Waals surface area (Å²) in [5.41, 5.74) is 0.824. The minimum Gasteiger partial charge on any atom is -0.408 e. The van der Waals surface area contributed by atoms with Crippen LogP contribution in [0.1, 0.15) is 6.42 Å². The first kappa shape index (κ1) is 15.7. The van der Waals surface area contributed by atoms with Crippen molar-refractivity contribution >= 4 is 21.1 Å². The smallest absolute Gasteiger partial charge is 0.408 e. The quantitative estimate of drug-likeness (QED) is 0.779. The van der Waals surface area contributed by atoms with Crippen LogP contribution in [0, 0.1) is 0 Å². The number of aryl methyl sites for hydroxylation is 1. The molecule has 116 valence electrons. The van der Waals surface area contributed by atoms with Crippen molar-refractivity contribution in [2.24, 2.45) is 7.05 Å². The molecule has 0 amide bonds. The van der Waals surface area contributed by atoms with E-state index in [0.717, 1.165) is 13.0 Å². The van der Waals surface area contributed by atoms with E-state index in [9.17, 15) is 13.2 Å². The van der Waals surface area contributed by atoms with E-state index in [1.807, 2.05) is 19.0 Å². The Balaban J connectivity index is 2.20. The first-order chi connectivity index (χ1) is 9.81. The van der Waals surface area contributed by atoms with E-state index in [4.69, 9.17) is 4.42 Å². The molecule has 1 aromatic carbocycles. The number of hydrogen-bond donors (Lipinski definition) is 1. The Morgan fingerprint density at radius 3 is 2.71 bits per heavy atom. The van der Waals surface area contributed by atoms with E-state index in [2.05, 4.69) is 4.72 Å². The lowest BCUT2D eigenvalue weighted by Crippen LogP contribution is -2.27. The van der Waals surface area contributed by atoms with Gasteiger partial charge in [0, 0.05) is 13.6 Å². The number of fused-ring (bicyclic) bond motifs is 1. The van der Waals surface area contributed by atoms with Gasteiger partial charge in [0.2, 0.25) is 10.0 Å². The predicted molar refractivity (Wildman–Crippen MR) is 79.8 cm³/mol. The fourth-order valence-electron chi connectivity index (χ4n) is 1.96. The Labute approximate surface area is 123 Å². The van der Waals surface area contributed by atoms with Crippen LogP contribution >= 0.6 is 0 Å². The SMILES string of the molecule is CN(C)CCCNS(=O)(=O)c1ccc2oc(=O)n(C)c2c1. The van der Waals surface area contributed by atoms with Crippen molar-refractivity contribution in [1.29, 1.82) is 0 Å². The third-order valence-electron chi connectivity index (χ3n) is 3.15. The van der Waals surface area contributed by atoms with E-state index >= 15 is 0 Å². The molecule has 8 heteroatoms. The number of nitrogens with one attached hydrogen (secondary N) is 1. The van der Waals surface area contributed by atoms with Crippen molar-refractivity contribution in [1.82, 2.24) is 14.2 Å². The molecule has 2 aromatic rings. The molecule has 0 atom stereocenters. The van der Waals surface area contributed by atoms with Gasteiger partial charge in [-0.1, -0.05) is 0 Å². The molecule has 0 aliphatic heterocycles. The number of nitrogens with zero attached hydrogens (tertiary/aromatic N) is 2. The standard InChI is InChI=1S/C13H19N3O4S/c1-15(2)8-4-7-14-21(18,19)10-5-6-12-11(9-10)16(3)13(17)20-12/h5-6,9,14H,4,7-8H2,1-3H3. The molecule has 0 aliphatic rings. The number of oxazole rings is 1. The van der Waals surface area contributed by atoms with E-state index in [-0.39, 0.29) is 4.90 Å². The third-order valence-corrected chi connectivity index (χ3v) is 4.61. The van der Waals surface area contributed by atoms with Crippen molar-refractivity contribution in [3.8, 4) is 0 Å². The number of rotatable bonds is 6. The Morgan fingerprint density at radius 1 is 1.33 bits per heavy atom. The van der Waals surface area contributed by atoms with E-state index in [1.54, 1.807) is 0 Å². The monoisotopic (exact) mass is 313 g/mol. The molecule has 0 saturated carbocycles.